The second-order valence-electron chi connectivity index (χ2n) is 4.22. The topological polar surface area (TPSA) is 44.3 Å². The zero-order valence-corrected chi connectivity index (χ0v) is 13.3. The molecule has 1 heterocycles. The molecule has 0 aliphatic carbocycles. The van der Waals surface area contributed by atoms with Crippen molar-refractivity contribution >= 4 is 5.78 Å². The molecule has 0 saturated heterocycles. The Bertz CT molecular complexity index is 596. The molecule has 0 atom stereocenters. The van der Waals surface area contributed by atoms with E-state index >= 15 is 0 Å². The smallest absolute Gasteiger partial charge is 0.243 e. The van der Waals surface area contributed by atoms with Gasteiger partial charge in [-0.1, -0.05) is 6.07 Å². The molecule has 2 aromatic rings. The number of nitrogens with zero attached hydrogens (tertiary/aromatic N) is 2. The normalized spacial score (nSPS) is 9.75. The van der Waals surface area contributed by atoms with Gasteiger partial charge in [0, 0.05) is 0 Å². The van der Waals surface area contributed by atoms with Crippen molar-refractivity contribution in [1.82, 2.24) is 4.57 Å². The summed E-state index contributed by atoms with van der Waals surface area (Å²) in [5.74, 6) is 1.02. The van der Waals surface area contributed by atoms with Crippen LogP contribution in [0.15, 0.2) is 36.9 Å². The number of aromatic nitrogens is 2. The Morgan fingerprint density at radius 1 is 1.30 bits per heavy atom. The molecule has 0 amide bonds. The van der Waals surface area contributed by atoms with Gasteiger partial charge in [-0.15, -0.1) is 0 Å². The minimum absolute atomic E-state index is 0. The Hall–Kier alpha value is -1.82. The molecule has 0 spiro atoms. The van der Waals surface area contributed by atoms with Crippen LogP contribution in [-0.2, 0) is 13.6 Å². The maximum absolute atomic E-state index is 12.3. The quantitative estimate of drug-likeness (QED) is 0.477. The van der Waals surface area contributed by atoms with Crippen LogP contribution < -0.4 is 31.0 Å². The third-order valence-electron chi connectivity index (χ3n) is 2.85. The van der Waals surface area contributed by atoms with E-state index in [1.54, 1.807) is 25.3 Å². The van der Waals surface area contributed by atoms with Crippen LogP contribution in [0.5, 0.6) is 11.5 Å². The molecule has 6 heteroatoms. The van der Waals surface area contributed by atoms with Crippen LogP contribution in [0.4, 0.5) is 0 Å². The third kappa shape index (κ3) is 3.39. The highest BCUT2D eigenvalue weighted by Gasteiger charge is 2.18. The van der Waals surface area contributed by atoms with Gasteiger partial charge in [0.2, 0.25) is 12.1 Å². The Labute approximate surface area is 128 Å². The highest BCUT2D eigenvalue weighted by Crippen LogP contribution is 2.31. The lowest BCUT2D eigenvalue weighted by molar-refractivity contribution is -0.671. The zero-order chi connectivity index (χ0) is 13.8. The van der Waals surface area contributed by atoms with E-state index in [0.29, 0.717) is 17.1 Å². The van der Waals surface area contributed by atoms with Crippen LogP contribution in [0.3, 0.4) is 0 Å². The molecule has 0 aliphatic rings. The van der Waals surface area contributed by atoms with Crippen LogP contribution in [0, 0.1) is 0 Å². The first-order valence-electron chi connectivity index (χ1n) is 5.91. The van der Waals surface area contributed by atoms with Gasteiger partial charge in [0.15, 0.2) is 18.0 Å². The van der Waals surface area contributed by atoms with E-state index in [-0.39, 0.29) is 29.3 Å². The molecule has 0 aliphatic heterocycles. The molecule has 0 saturated carbocycles. The number of halogens is 1. The number of imidazole rings is 1. The number of methoxy groups -OCH3 is 2. The zero-order valence-electron chi connectivity index (χ0n) is 11.7. The summed E-state index contributed by atoms with van der Waals surface area (Å²) in [5, 5.41) is 0. The van der Waals surface area contributed by atoms with Crippen molar-refractivity contribution in [2.45, 2.75) is 6.54 Å². The average molecular weight is 341 g/mol. The molecule has 0 unspecified atom stereocenters. The minimum atomic E-state index is -0.0213. The van der Waals surface area contributed by atoms with Crippen molar-refractivity contribution in [1.29, 1.82) is 0 Å². The number of carbonyl (C=O) groups is 1. The predicted molar refractivity (Wildman–Crippen MR) is 69.5 cm³/mol. The molecular formula is C14H17BrN2O3. The van der Waals surface area contributed by atoms with E-state index in [0.717, 1.165) is 0 Å². The van der Waals surface area contributed by atoms with Gasteiger partial charge in [0.25, 0.3) is 0 Å². The van der Waals surface area contributed by atoms with Crippen LogP contribution in [0.25, 0.3) is 0 Å². The average Bonchev–Trinajstić information content (AvgIpc) is 2.82. The molecule has 2 rings (SSSR count). The summed E-state index contributed by atoms with van der Waals surface area (Å²) in [7, 11) is 5.00. The first-order valence-corrected chi connectivity index (χ1v) is 5.91. The highest BCUT2D eigenvalue weighted by atomic mass is 79.9. The van der Waals surface area contributed by atoms with Gasteiger partial charge in [0.1, 0.15) is 12.4 Å². The number of ketones is 1. The van der Waals surface area contributed by atoms with Crippen molar-refractivity contribution < 1.29 is 35.8 Å². The Morgan fingerprint density at radius 3 is 2.60 bits per heavy atom. The number of rotatable bonds is 5. The fraction of sp³-hybridized carbons (Fsp3) is 0.286. The molecule has 0 N–H and O–H groups in total. The third-order valence-corrected chi connectivity index (χ3v) is 2.85. The fourth-order valence-electron chi connectivity index (χ4n) is 1.95. The largest absolute Gasteiger partial charge is 1.00 e. The van der Waals surface area contributed by atoms with Crippen molar-refractivity contribution in [2.24, 2.45) is 7.05 Å². The second kappa shape index (κ2) is 7.09. The van der Waals surface area contributed by atoms with E-state index in [1.165, 1.54) is 7.11 Å². The molecule has 0 bridgehead atoms. The molecule has 1 aromatic carbocycles. The Kier molecular flexibility index (Phi) is 5.76. The molecule has 5 nitrogen and oxygen atoms in total. The number of para-hydroxylation sites is 1. The Morgan fingerprint density at radius 2 is 2.05 bits per heavy atom. The van der Waals surface area contributed by atoms with E-state index in [9.17, 15) is 4.79 Å². The SMILES string of the molecule is COc1cccc(C(=O)Cn2cc[n+](C)c2)c1OC.[Br-]. The number of ether oxygens (including phenoxy) is 2. The fourth-order valence-corrected chi connectivity index (χ4v) is 1.95. The number of aryl methyl sites for hydroxylation is 1. The van der Waals surface area contributed by atoms with Gasteiger partial charge >= 0.3 is 0 Å². The number of Topliss-reactive ketones (excluding diaryl/α,β-unsaturated/α-hetero) is 1. The lowest BCUT2D eigenvalue weighted by atomic mass is 10.1. The molecule has 20 heavy (non-hydrogen) atoms. The van der Waals surface area contributed by atoms with Crippen molar-refractivity contribution in [3.63, 3.8) is 0 Å². The summed E-state index contributed by atoms with van der Waals surface area (Å²) in [6.45, 7) is 0.268. The standard InChI is InChI=1S/C14H17N2O3.BrH/c1-15-7-8-16(10-15)9-12(17)11-5-4-6-13(18-2)14(11)19-3;/h4-8,10H,9H2,1-3H3;1H/q+1;/p-1. The first kappa shape index (κ1) is 16.2. The van der Waals surface area contributed by atoms with E-state index in [1.807, 2.05) is 34.9 Å². The van der Waals surface area contributed by atoms with E-state index in [4.69, 9.17) is 9.47 Å². The van der Waals surface area contributed by atoms with Gasteiger partial charge in [-0.3, -0.25) is 4.79 Å². The van der Waals surface area contributed by atoms with Gasteiger partial charge in [0.05, 0.1) is 26.8 Å². The summed E-state index contributed by atoms with van der Waals surface area (Å²) in [6, 6.07) is 5.29. The van der Waals surface area contributed by atoms with Gasteiger partial charge in [-0.2, -0.15) is 0 Å². The van der Waals surface area contributed by atoms with Crippen molar-refractivity contribution in [3.05, 3.63) is 42.5 Å². The molecule has 0 fully saturated rings. The number of hydrogen-bond donors (Lipinski definition) is 0. The van der Waals surface area contributed by atoms with Crippen LogP contribution in [-0.4, -0.2) is 24.6 Å². The van der Waals surface area contributed by atoms with E-state index in [2.05, 4.69) is 0 Å². The molecule has 108 valence electrons. The summed E-state index contributed by atoms with van der Waals surface area (Å²) < 4.78 is 14.2. The van der Waals surface area contributed by atoms with Gasteiger partial charge in [-0.05, 0) is 12.1 Å². The van der Waals surface area contributed by atoms with Gasteiger partial charge in [-0.25, -0.2) is 9.13 Å². The summed E-state index contributed by atoms with van der Waals surface area (Å²) in [6.07, 6.45) is 5.59. The van der Waals surface area contributed by atoms with Crippen molar-refractivity contribution in [3.8, 4) is 11.5 Å². The number of hydrogen-bond acceptors (Lipinski definition) is 3. The monoisotopic (exact) mass is 340 g/mol. The highest BCUT2D eigenvalue weighted by molar-refractivity contribution is 5.99. The molecule has 0 radical (unpaired) electrons. The molecule has 1 aromatic heterocycles. The van der Waals surface area contributed by atoms with Crippen LogP contribution in [0.1, 0.15) is 10.4 Å². The first-order chi connectivity index (χ1) is 9.15. The van der Waals surface area contributed by atoms with Crippen LogP contribution >= 0.6 is 0 Å². The predicted octanol–water partition coefficient (Wildman–Crippen LogP) is -1.78. The summed E-state index contributed by atoms with van der Waals surface area (Å²) >= 11 is 0. The van der Waals surface area contributed by atoms with Crippen molar-refractivity contribution in [2.75, 3.05) is 14.2 Å². The Balaban J connectivity index is 0.00000200. The van der Waals surface area contributed by atoms with Gasteiger partial charge < -0.3 is 26.5 Å². The van der Waals surface area contributed by atoms with Crippen LogP contribution in [0.2, 0.25) is 0 Å². The lowest BCUT2D eigenvalue weighted by Crippen LogP contribution is -3.00. The van der Waals surface area contributed by atoms with E-state index < -0.39 is 0 Å². The number of carbonyl (C=O) groups excluding carboxylic acids is 1. The summed E-state index contributed by atoms with van der Waals surface area (Å²) in [5.41, 5.74) is 0.526. The summed E-state index contributed by atoms with van der Waals surface area (Å²) in [4.78, 5) is 12.3. The lowest BCUT2D eigenvalue weighted by Gasteiger charge is -2.10. The second-order valence-corrected chi connectivity index (χ2v) is 4.22. The number of benzene rings is 1. The maximum atomic E-state index is 12.3. The minimum Gasteiger partial charge on any atom is -1.00 e. The molecular weight excluding hydrogens is 324 g/mol. The maximum Gasteiger partial charge on any atom is 0.243 e.